The van der Waals surface area contributed by atoms with Gasteiger partial charge in [0, 0.05) is 6.04 Å². The van der Waals surface area contributed by atoms with Gasteiger partial charge in [0.05, 0.1) is 12.0 Å². The number of ether oxygens (including phenoxy) is 1. The van der Waals surface area contributed by atoms with E-state index < -0.39 is 10.0 Å². The maximum absolute atomic E-state index is 12.9. The fourth-order valence-corrected chi connectivity index (χ4v) is 4.48. The molecule has 0 spiro atoms. The molecule has 0 saturated heterocycles. The number of sulfonamides is 1. The van der Waals surface area contributed by atoms with E-state index in [1.54, 1.807) is 26.2 Å². The average Bonchev–Trinajstić information content (AvgIpc) is 2.55. The fourth-order valence-electron chi connectivity index (χ4n) is 2.87. The monoisotopic (exact) mass is 347 g/mol. The van der Waals surface area contributed by atoms with Crippen LogP contribution in [0.15, 0.2) is 41.3 Å². The van der Waals surface area contributed by atoms with Crippen LogP contribution in [0.2, 0.25) is 0 Å². The van der Waals surface area contributed by atoms with Gasteiger partial charge in [-0.3, -0.25) is 0 Å². The number of methoxy groups -OCH3 is 1. The van der Waals surface area contributed by atoms with Gasteiger partial charge in [-0.05, 0) is 61.6 Å². The topological polar surface area (TPSA) is 55.4 Å². The van der Waals surface area contributed by atoms with Crippen LogP contribution < -0.4 is 9.46 Å². The predicted molar refractivity (Wildman–Crippen MR) is 97.0 cm³/mol. The molecule has 0 radical (unpaired) electrons. The van der Waals surface area contributed by atoms with Crippen LogP contribution in [0.5, 0.6) is 5.75 Å². The molecule has 1 atom stereocenters. The van der Waals surface area contributed by atoms with Gasteiger partial charge in [-0.25, -0.2) is 13.1 Å². The molecular weight excluding hydrogens is 322 g/mol. The molecule has 5 heteroatoms. The van der Waals surface area contributed by atoms with Crippen molar-refractivity contribution in [1.29, 1.82) is 0 Å². The second-order valence-electron chi connectivity index (χ2n) is 6.03. The molecule has 4 nitrogen and oxygen atoms in total. The lowest BCUT2D eigenvalue weighted by Crippen LogP contribution is -2.29. The molecule has 0 unspecified atom stereocenters. The van der Waals surface area contributed by atoms with Crippen molar-refractivity contribution in [3.05, 3.63) is 58.7 Å². The minimum Gasteiger partial charge on any atom is -0.496 e. The SMILES string of the molecule is CC[C@H](NS(=O)(=O)c1cc(C)c(OC)cc1C)c1ccccc1C. The zero-order valence-corrected chi connectivity index (χ0v) is 15.7. The van der Waals surface area contributed by atoms with Crippen LogP contribution in [0.3, 0.4) is 0 Å². The molecule has 2 aromatic carbocycles. The van der Waals surface area contributed by atoms with Crippen LogP contribution >= 0.6 is 0 Å². The summed E-state index contributed by atoms with van der Waals surface area (Å²) in [4.78, 5) is 0.299. The van der Waals surface area contributed by atoms with Crippen molar-refractivity contribution in [1.82, 2.24) is 4.72 Å². The third-order valence-electron chi connectivity index (χ3n) is 4.25. The molecule has 0 fully saturated rings. The molecule has 1 N–H and O–H groups in total. The van der Waals surface area contributed by atoms with Crippen molar-refractivity contribution in [3.8, 4) is 5.75 Å². The summed E-state index contributed by atoms with van der Waals surface area (Å²) >= 11 is 0. The summed E-state index contributed by atoms with van der Waals surface area (Å²) in [7, 11) is -2.04. The minimum absolute atomic E-state index is 0.252. The van der Waals surface area contributed by atoms with Crippen LogP contribution in [0.25, 0.3) is 0 Å². The Labute approximate surface area is 144 Å². The summed E-state index contributed by atoms with van der Waals surface area (Å²) in [5.74, 6) is 0.692. The lowest BCUT2D eigenvalue weighted by atomic mass is 10.0. The Balaban J connectivity index is 2.41. The van der Waals surface area contributed by atoms with E-state index in [9.17, 15) is 8.42 Å². The van der Waals surface area contributed by atoms with Crippen molar-refractivity contribution in [2.24, 2.45) is 0 Å². The number of hydrogen-bond donors (Lipinski definition) is 1. The lowest BCUT2D eigenvalue weighted by Gasteiger charge is -2.21. The Morgan fingerprint density at radius 1 is 1.04 bits per heavy atom. The third kappa shape index (κ3) is 3.79. The van der Waals surface area contributed by atoms with Gasteiger partial charge in [-0.15, -0.1) is 0 Å². The molecule has 0 aliphatic carbocycles. The van der Waals surface area contributed by atoms with Crippen molar-refractivity contribution < 1.29 is 13.2 Å². The van der Waals surface area contributed by atoms with E-state index in [4.69, 9.17) is 4.74 Å². The lowest BCUT2D eigenvalue weighted by molar-refractivity contribution is 0.411. The largest absolute Gasteiger partial charge is 0.496 e. The summed E-state index contributed by atoms with van der Waals surface area (Å²) in [6, 6.07) is 11.0. The molecule has 0 aromatic heterocycles. The maximum Gasteiger partial charge on any atom is 0.241 e. The zero-order valence-electron chi connectivity index (χ0n) is 14.9. The highest BCUT2D eigenvalue weighted by atomic mass is 32.2. The van der Waals surface area contributed by atoms with Crippen molar-refractivity contribution in [3.63, 3.8) is 0 Å². The molecule has 24 heavy (non-hydrogen) atoms. The van der Waals surface area contributed by atoms with Gasteiger partial charge < -0.3 is 4.74 Å². The second-order valence-corrected chi connectivity index (χ2v) is 7.71. The van der Waals surface area contributed by atoms with Gasteiger partial charge in [0.1, 0.15) is 5.75 Å². The third-order valence-corrected chi connectivity index (χ3v) is 5.87. The first-order valence-electron chi connectivity index (χ1n) is 8.03. The van der Waals surface area contributed by atoms with Crippen LogP contribution in [0.1, 0.15) is 41.6 Å². The van der Waals surface area contributed by atoms with E-state index in [-0.39, 0.29) is 6.04 Å². The van der Waals surface area contributed by atoms with E-state index in [1.807, 2.05) is 45.0 Å². The smallest absolute Gasteiger partial charge is 0.241 e. The minimum atomic E-state index is -3.62. The summed E-state index contributed by atoms with van der Waals surface area (Å²) in [6.07, 6.45) is 0.679. The summed E-state index contributed by atoms with van der Waals surface area (Å²) < 4.78 is 33.9. The maximum atomic E-state index is 12.9. The van der Waals surface area contributed by atoms with Gasteiger partial charge >= 0.3 is 0 Å². The highest BCUT2D eigenvalue weighted by Crippen LogP contribution is 2.28. The van der Waals surface area contributed by atoms with Crippen molar-refractivity contribution in [2.45, 2.75) is 45.1 Å². The summed E-state index contributed by atoms with van der Waals surface area (Å²) in [6.45, 7) is 7.60. The fraction of sp³-hybridized carbons (Fsp3) is 0.368. The molecular formula is C19H25NO3S. The van der Waals surface area contributed by atoms with Gasteiger partial charge in [0.15, 0.2) is 0 Å². The van der Waals surface area contributed by atoms with Crippen LogP contribution in [-0.4, -0.2) is 15.5 Å². The van der Waals surface area contributed by atoms with Gasteiger partial charge in [0.25, 0.3) is 0 Å². The molecule has 0 aliphatic heterocycles. The quantitative estimate of drug-likeness (QED) is 0.858. The van der Waals surface area contributed by atoms with Crippen LogP contribution in [-0.2, 0) is 10.0 Å². The number of aryl methyl sites for hydroxylation is 3. The Morgan fingerprint density at radius 3 is 2.29 bits per heavy atom. The Morgan fingerprint density at radius 2 is 1.71 bits per heavy atom. The van der Waals surface area contributed by atoms with Crippen molar-refractivity contribution >= 4 is 10.0 Å². The number of hydrogen-bond acceptors (Lipinski definition) is 3. The van der Waals surface area contributed by atoms with E-state index >= 15 is 0 Å². The first kappa shape index (κ1) is 18.5. The number of nitrogens with one attached hydrogen (secondary N) is 1. The van der Waals surface area contributed by atoms with E-state index in [1.165, 1.54) is 0 Å². The van der Waals surface area contributed by atoms with E-state index in [2.05, 4.69) is 4.72 Å². The van der Waals surface area contributed by atoms with Gasteiger partial charge in [-0.1, -0.05) is 31.2 Å². The van der Waals surface area contributed by atoms with Crippen LogP contribution in [0, 0.1) is 20.8 Å². The normalized spacial score (nSPS) is 12.9. The average molecular weight is 347 g/mol. The Kier molecular flexibility index (Phi) is 5.67. The molecule has 0 amide bonds. The molecule has 2 rings (SSSR count). The number of rotatable bonds is 6. The van der Waals surface area contributed by atoms with Crippen LogP contribution in [0.4, 0.5) is 0 Å². The predicted octanol–water partition coefficient (Wildman–Crippen LogP) is 4.05. The Hall–Kier alpha value is -1.85. The molecule has 0 aliphatic rings. The number of benzene rings is 2. The molecule has 0 heterocycles. The highest BCUT2D eigenvalue weighted by molar-refractivity contribution is 7.89. The van der Waals surface area contributed by atoms with Gasteiger partial charge in [0.2, 0.25) is 10.0 Å². The first-order chi connectivity index (χ1) is 11.3. The standard InChI is InChI=1S/C19H25NO3S/c1-6-17(16-10-8-7-9-13(16)2)20-24(21,22)19-12-14(3)18(23-5)11-15(19)4/h7-12,17,20H,6H2,1-5H3/t17-/m0/s1. The summed E-state index contributed by atoms with van der Waals surface area (Å²) in [5.41, 5.74) is 3.55. The first-order valence-corrected chi connectivity index (χ1v) is 9.51. The molecule has 2 aromatic rings. The second kappa shape index (κ2) is 7.36. The van der Waals surface area contributed by atoms with E-state index in [0.29, 0.717) is 22.6 Å². The summed E-state index contributed by atoms with van der Waals surface area (Å²) in [5, 5.41) is 0. The molecule has 0 bridgehead atoms. The van der Waals surface area contributed by atoms with Crippen molar-refractivity contribution in [2.75, 3.05) is 7.11 Å². The van der Waals surface area contributed by atoms with Gasteiger partial charge in [-0.2, -0.15) is 0 Å². The molecule has 0 saturated carbocycles. The molecule has 130 valence electrons. The highest BCUT2D eigenvalue weighted by Gasteiger charge is 2.23. The zero-order chi connectivity index (χ0) is 17.9. The van der Waals surface area contributed by atoms with E-state index in [0.717, 1.165) is 16.7 Å². The Bertz CT molecular complexity index is 829.